The lowest BCUT2D eigenvalue weighted by molar-refractivity contribution is -0.152. The van der Waals surface area contributed by atoms with Gasteiger partial charge in [-0.05, 0) is 52.0 Å². The molecule has 1 saturated heterocycles. The molecule has 0 aromatic heterocycles. The number of morpholine rings is 1. The predicted molar refractivity (Wildman–Crippen MR) is 71.1 cm³/mol. The Bertz CT molecular complexity index is 296. The topological polar surface area (TPSA) is 55.6 Å². The molecule has 0 atom stereocenters. The van der Waals surface area contributed by atoms with Crippen LogP contribution in [0.15, 0.2) is 0 Å². The molecular weight excluding hydrogens is 228 g/mol. The first kappa shape index (κ1) is 13.8. The fraction of sp³-hybridized carbons (Fsp3) is 0.929. The van der Waals surface area contributed by atoms with Gasteiger partial charge in [0.15, 0.2) is 0 Å². The second-order valence-electron chi connectivity index (χ2n) is 6.31. The molecular formula is C14H26N2O2. The van der Waals surface area contributed by atoms with Crippen molar-refractivity contribution in [1.29, 1.82) is 0 Å². The van der Waals surface area contributed by atoms with E-state index in [1.165, 1.54) is 0 Å². The molecule has 1 amide bonds. The minimum absolute atomic E-state index is 0.153. The Morgan fingerprint density at radius 2 is 2.00 bits per heavy atom. The van der Waals surface area contributed by atoms with E-state index in [2.05, 4.69) is 13.8 Å². The number of carbonyl (C=O) groups excluding carboxylic acids is 1. The van der Waals surface area contributed by atoms with Gasteiger partial charge in [-0.15, -0.1) is 0 Å². The molecule has 1 aliphatic heterocycles. The maximum atomic E-state index is 12.6. The molecule has 2 rings (SSSR count). The average Bonchev–Trinajstić information content (AvgIpc) is 2.37. The molecule has 4 heteroatoms. The Hall–Kier alpha value is -0.610. The Morgan fingerprint density at radius 3 is 2.56 bits per heavy atom. The highest BCUT2D eigenvalue weighted by Crippen LogP contribution is 2.31. The lowest BCUT2D eigenvalue weighted by Crippen LogP contribution is -2.57. The van der Waals surface area contributed by atoms with Crippen LogP contribution in [0.3, 0.4) is 0 Å². The largest absolute Gasteiger partial charge is 0.377 e. The van der Waals surface area contributed by atoms with Crippen LogP contribution in [0.5, 0.6) is 0 Å². The number of amides is 1. The molecule has 0 aromatic carbocycles. The van der Waals surface area contributed by atoms with Crippen LogP contribution in [0.4, 0.5) is 0 Å². The minimum atomic E-state index is -0.153. The summed E-state index contributed by atoms with van der Waals surface area (Å²) < 4.78 is 5.48. The van der Waals surface area contributed by atoms with Gasteiger partial charge in [-0.25, -0.2) is 0 Å². The monoisotopic (exact) mass is 254 g/mol. The van der Waals surface area contributed by atoms with E-state index in [1.807, 2.05) is 4.90 Å². The Balaban J connectivity index is 1.95. The first-order chi connectivity index (χ1) is 8.54. The van der Waals surface area contributed by atoms with Gasteiger partial charge >= 0.3 is 0 Å². The van der Waals surface area contributed by atoms with Gasteiger partial charge in [0.25, 0.3) is 0 Å². The van der Waals surface area contributed by atoms with Gasteiger partial charge in [0.1, 0.15) is 0 Å². The molecule has 0 radical (unpaired) electrons. The Labute approximate surface area is 110 Å². The average molecular weight is 254 g/mol. The molecule has 0 unspecified atom stereocenters. The van der Waals surface area contributed by atoms with Gasteiger partial charge in [-0.1, -0.05) is 0 Å². The summed E-state index contributed by atoms with van der Waals surface area (Å²) in [6.07, 6.45) is 4.23. The van der Waals surface area contributed by atoms with Gasteiger partial charge in [0.05, 0.1) is 18.8 Å². The van der Waals surface area contributed by atoms with Crippen molar-refractivity contribution in [3.05, 3.63) is 0 Å². The molecule has 1 aliphatic carbocycles. The number of nitrogens with two attached hydrogens (primary N) is 1. The second kappa shape index (κ2) is 5.57. The van der Waals surface area contributed by atoms with Crippen molar-refractivity contribution in [3.63, 3.8) is 0 Å². The van der Waals surface area contributed by atoms with Crippen LogP contribution in [0.2, 0.25) is 0 Å². The van der Waals surface area contributed by atoms with Gasteiger partial charge < -0.3 is 15.4 Å². The number of hydrogen-bond donors (Lipinski definition) is 1. The van der Waals surface area contributed by atoms with E-state index in [9.17, 15) is 4.79 Å². The molecule has 0 spiro atoms. The number of rotatable bonds is 2. The fourth-order valence-corrected chi connectivity index (χ4v) is 3.13. The van der Waals surface area contributed by atoms with Gasteiger partial charge in [0.2, 0.25) is 5.91 Å². The summed E-state index contributed by atoms with van der Waals surface area (Å²) in [5.74, 6) is 1.18. The zero-order valence-electron chi connectivity index (χ0n) is 11.7. The van der Waals surface area contributed by atoms with Crippen LogP contribution < -0.4 is 5.73 Å². The van der Waals surface area contributed by atoms with E-state index in [1.54, 1.807) is 0 Å². The summed E-state index contributed by atoms with van der Waals surface area (Å²) in [6.45, 7) is 7.02. The Morgan fingerprint density at radius 1 is 1.33 bits per heavy atom. The standard InChI is InChI=1S/C14H26N2O2/c1-14(2)10-18-8-7-16(14)13(17)12-5-3-11(9-15)4-6-12/h11-12H,3-10,15H2,1-2H3. The highest BCUT2D eigenvalue weighted by Gasteiger charge is 2.38. The van der Waals surface area contributed by atoms with E-state index in [4.69, 9.17) is 10.5 Å². The molecule has 2 aliphatic rings. The molecule has 104 valence electrons. The van der Waals surface area contributed by atoms with Crippen molar-refractivity contribution in [3.8, 4) is 0 Å². The summed E-state index contributed by atoms with van der Waals surface area (Å²) >= 11 is 0. The minimum Gasteiger partial charge on any atom is -0.377 e. The van der Waals surface area contributed by atoms with Crippen LogP contribution in [0.25, 0.3) is 0 Å². The molecule has 0 aromatic rings. The summed E-state index contributed by atoms with van der Waals surface area (Å²) in [7, 11) is 0. The van der Waals surface area contributed by atoms with E-state index >= 15 is 0 Å². The smallest absolute Gasteiger partial charge is 0.226 e. The molecule has 18 heavy (non-hydrogen) atoms. The highest BCUT2D eigenvalue weighted by atomic mass is 16.5. The molecule has 4 nitrogen and oxygen atoms in total. The number of carbonyl (C=O) groups is 1. The van der Waals surface area contributed by atoms with E-state index in [0.29, 0.717) is 25.0 Å². The van der Waals surface area contributed by atoms with Crippen molar-refractivity contribution in [2.75, 3.05) is 26.3 Å². The molecule has 1 saturated carbocycles. The molecule has 0 bridgehead atoms. The third kappa shape index (κ3) is 2.86. The Kier molecular flexibility index (Phi) is 4.28. The molecule has 1 heterocycles. The van der Waals surface area contributed by atoms with E-state index < -0.39 is 0 Å². The highest BCUT2D eigenvalue weighted by molar-refractivity contribution is 5.79. The van der Waals surface area contributed by atoms with Crippen LogP contribution in [0.1, 0.15) is 39.5 Å². The zero-order chi connectivity index (χ0) is 13.2. The van der Waals surface area contributed by atoms with Crippen LogP contribution in [-0.2, 0) is 9.53 Å². The van der Waals surface area contributed by atoms with Crippen molar-refractivity contribution in [1.82, 2.24) is 4.90 Å². The predicted octanol–water partition coefficient (Wildman–Crippen LogP) is 1.39. The fourth-order valence-electron chi connectivity index (χ4n) is 3.13. The third-order valence-electron chi connectivity index (χ3n) is 4.44. The third-order valence-corrected chi connectivity index (χ3v) is 4.44. The SMILES string of the molecule is CC1(C)COCCN1C(=O)C1CCC(CN)CC1. The molecule has 2 fully saturated rings. The second-order valence-corrected chi connectivity index (χ2v) is 6.31. The van der Waals surface area contributed by atoms with Crippen molar-refractivity contribution < 1.29 is 9.53 Å². The number of nitrogens with zero attached hydrogens (tertiary/aromatic N) is 1. The van der Waals surface area contributed by atoms with Gasteiger partial charge in [-0.3, -0.25) is 4.79 Å². The van der Waals surface area contributed by atoms with Crippen LogP contribution in [-0.4, -0.2) is 42.6 Å². The lowest BCUT2D eigenvalue weighted by atomic mass is 9.81. The lowest BCUT2D eigenvalue weighted by Gasteiger charge is -2.44. The first-order valence-corrected chi connectivity index (χ1v) is 7.14. The van der Waals surface area contributed by atoms with Crippen molar-refractivity contribution in [2.45, 2.75) is 45.1 Å². The normalized spacial score (nSPS) is 32.3. The van der Waals surface area contributed by atoms with Crippen LogP contribution in [0, 0.1) is 11.8 Å². The summed E-state index contributed by atoms with van der Waals surface area (Å²) in [5.41, 5.74) is 5.55. The van der Waals surface area contributed by atoms with Gasteiger partial charge in [-0.2, -0.15) is 0 Å². The summed E-state index contributed by atoms with van der Waals surface area (Å²) in [5, 5.41) is 0. The zero-order valence-corrected chi connectivity index (χ0v) is 11.7. The number of ether oxygens (including phenoxy) is 1. The maximum Gasteiger partial charge on any atom is 0.226 e. The van der Waals surface area contributed by atoms with E-state index in [-0.39, 0.29) is 11.5 Å². The number of hydrogen-bond acceptors (Lipinski definition) is 3. The maximum absolute atomic E-state index is 12.6. The first-order valence-electron chi connectivity index (χ1n) is 7.14. The van der Waals surface area contributed by atoms with E-state index in [0.717, 1.165) is 38.8 Å². The summed E-state index contributed by atoms with van der Waals surface area (Å²) in [4.78, 5) is 14.6. The molecule has 2 N–H and O–H groups in total. The van der Waals surface area contributed by atoms with Crippen molar-refractivity contribution >= 4 is 5.91 Å². The van der Waals surface area contributed by atoms with Crippen molar-refractivity contribution in [2.24, 2.45) is 17.6 Å². The summed E-state index contributed by atoms with van der Waals surface area (Å²) in [6, 6.07) is 0. The van der Waals surface area contributed by atoms with Crippen LogP contribution >= 0.6 is 0 Å². The quantitative estimate of drug-likeness (QED) is 0.810. The van der Waals surface area contributed by atoms with Gasteiger partial charge in [0, 0.05) is 12.5 Å².